The Labute approximate surface area is 102 Å². The molecule has 0 aromatic carbocycles. The molecule has 0 bridgehead atoms. The summed E-state index contributed by atoms with van der Waals surface area (Å²) in [6.45, 7) is 4.68. The first-order chi connectivity index (χ1) is 7.74. The van der Waals surface area contributed by atoms with Gasteiger partial charge in [-0.15, -0.1) is 0 Å². The van der Waals surface area contributed by atoms with E-state index in [9.17, 15) is 0 Å². The molecular weight excluding hydrogens is 194 g/mol. The second kappa shape index (κ2) is 8.11. The van der Waals surface area contributed by atoms with Crippen molar-refractivity contribution in [2.24, 2.45) is 11.8 Å². The van der Waals surface area contributed by atoms with Crippen molar-refractivity contribution in [3.8, 4) is 0 Å². The number of nitrogens with one attached hydrogen (secondary N) is 1. The van der Waals surface area contributed by atoms with Crippen molar-refractivity contribution in [1.82, 2.24) is 5.32 Å². The van der Waals surface area contributed by atoms with Crippen LogP contribution in [0.2, 0.25) is 0 Å². The minimum absolute atomic E-state index is 0.778. The molecule has 1 atom stereocenters. The first-order valence-corrected chi connectivity index (χ1v) is 7.41. The molecule has 1 N–H and O–H groups in total. The summed E-state index contributed by atoms with van der Waals surface area (Å²) in [4.78, 5) is 0. The maximum absolute atomic E-state index is 3.58. The van der Waals surface area contributed by atoms with Crippen LogP contribution in [0.25, 0.3) is 0 Å². The summed E-state index contributed by atoms with van der Waals surface area (Å²) in [5, 5.41) is 3.58. The zero-order valence-electron chi connectivity index (χ0n) is 11.6. The maximum atomic E-state index is 3.58. The number of rotatable bonds is 5. The van der Waals surface area contributed by atoms with E-state index >= 15 is 0 Å². The van der Waals surface area contributed by atoms with Gasteiger partial charge in [0.1, 0.15) is 0 Å². The molecule has 1 nitrogen and oxygen atoms in total. The molecule has 0 aromatic rings. The Kier molecular flexibility index (Phi) is 7.11. The predicted octanol–water partition coefficient (Wildman–Crippen LogP) is 4.37. The molecule has 0 heterocycles. The van der Waals surface area contributed by atoms with Gasteiger partial charge in [0.05, 0.1) is 0 Å². The van der Waals surface area contributed by atoms with Crippen molar-refractivity contribution in [2.75, 3.05) is 7.05 Å². The van der Waals surface area contributed by atoms with Crippen LogP contribution < -0.4 is 5.32 Å². The first kappa shape index (κ1) is 14.0. The van der Waals surface area contributed by atoms with Crippen LogP contribution in [0, 0.1) is 11.8 Å². The van der Waals surface area contributed by atoms with Gasteiger partial charge in [0.25, 0.3) is 0 Å². The molecule has 0 aliphatic heterocycles. The van der Waals surface area contributed by atoms with Crippen LogP contribution in [0.1, 0.15) is 71.6 Å². The molecule has 16 heavy (non-hydrogen) atoms. The molecule has 1 unspecified atom stereocenters. The summed E-state index contributed by atoms with van der Waals surface area (Å²) >= 11 is 0. The minimum atomic E-state index is 0.778. The van der Waals surface area contributed by atoms with Gasteiger partial charge in [-0.25, -0.2) is 0 Å². The van der Waals surface area contributed by atoms with Crippen LogP contribution in [0.3, 0.4) is 0 Å². The van der Waals surface area contributed by atoms with Gasteiger partial charge in [-0.3, -0.25) is 0 Å². The lowest BCUT2D eigenvalue weighted by Gasteiger charge is -2.29. The third-order valence-corrected chi connectivity index (χ3v) is 4.14. The molecule has 1 aliphatic carbocycles. The Morgan fingerprint density at radius 1 is 0.938 bits per heavy atom. The summed E-state index contributed by atoms with van der Waals surface area (Å²) in [5.74, 6) is 1.80. The van der Waals surface area contributed by atoms with E-state index in [0.29, 0.717) is 0 Å². The molecule has 0 aromatic heterocycles. The highest BCUT2D eigenvalue weighted by Gasteiger charge is 2.20. The van der Waals surface area contributed by atoms with E-state index in [2.05, 4.69) is 26.2 Å². The lowest BCUT2D eigenvalue weighted by molar-refractivity contribution is 0.273. The van der Waals surface area contributed by atoms with Crippen LogP contribution in [-0.4, -0.2) is 13.1 Å². The van der Waals surface area contributed by atoms with Crippen molar-refractivity contribution < 1.29 is 0 Å². The molecule has 1 saturated carbocycles. The molecule has 1 fully saturated rings. The fraction of sp³-hybridized carbons (Fsp3) is 1.00. The van der Waals surface area contributed by atoms with Crippen molar-refractivity contribution in [3.63, 3.8) is 0 Å². The molecule has 1 rings (SSSR count). The van der Waals surface area contributed by atoms with Gasteiger partial charge in [0.2, 0.25) is 0 Å². The van der Waals surface area contributed by atoms with Gasteiger partial charge in [0.15, 0.2) is 0 Å². The summed E-state index contributed by atoms with van der Waals surface area (Å²) < 4.78 is 0. The highest BCUT2D eigenvalue weighted by Crippen LogP contribution is 2.27. The summed E-state index contributed by atoms with van der Waals surface area (Å²) in [6.07, 6.45) is 13.0. The zero-order valence-corrected chi connectivity index (χ0v) is 11.6. The third kappa shape index (κ3) is 5.34. The number of hydrogen-bond donors (Lipinski definition) is 1. The quantitative estimate of drug-likeness (QED) is 0.732. The predicted molar refractivity (Wildman–Crippen MR) is 72.7 cm³/mol. The fourth-order valence-electron chi connectivity index (χ4n) is 3.02. The van der Waals surface area contributed by atoms with Crippen molar-refractivity contribution in [2.45, 2.75) is 77.7 Å². The molecule has 0 spiro atoms. The molecule has 0 radical (unpaired) electrons. The Hall–Kier alpha value is -0.0400. The SMILES string of the molecule is CNC(CCC(C)C)C1CCCCCCC1. The lowest BCUT2D eigenvalue weighted by atomic mass is 9.83. The molecule has 0 saturated heterocycles. The smallest absolute Gasteiger partial charge is 0.00924 e. The Morgan fingerprint density at radius 2 is 1.50 bits per heavy atom. The van der Waals surface area contributed by atoms with E-state index < -0.39 is 0 Å². The first-order valence-electron chi connectivity index (χ1n) is 7.41. The molecule has 0 amide bonds. The average Bonchev–Trinajstić information content (AvgIpc) is 2.20. The molecule has 1 aliphatic rings. The summed E-state index contributed by atoms with van der Waals surface area (Å²) in [5.41, 5.74) is 0. The van der Waals surface area contributed by atoms with Crippen molar-refractivity contribution in [1.29, 1.82) is 0 Å². The van der Waals surface area contributed by atoms with Gasteiger partial charge in [-0.1, -0.05) is 46.0 Å². The Morgan fingerprint density at radius 3 is 2.00 bits per heavy atom. The van der Waals surface area contributed by atoms with E-state index in [0.717, 1.165) is 17.9 Å². The van der Waals surface area contributed by atoms with Crippen molar-refractivity contribution >= 4 is 0 Å². The Bertz CT molecular complexity index is 157. The largest absolute Gasteiger partial charge is 0.317 e. The average molecular weight is 225 g/mol. The monoisotopic (exact) mass is 225 g/mol. The van der Waals surface area contributed by atoms with E-state index in [1.54, 1.807) is 0 Å². The van der Waals surface area contributed by atoms with Crippen LogP contribution in [-0.2, 0) is 0 Å². The van der Waals surface area contributed by atoms with E-state index in [1.165, 1.54) is 57.8 Å². The van der Waals surface area contributed by atoms with Gasteiger partial charge in [-0.05, 0) is 44.6 Å². The lowest BCUT2D eigenvalue weighted by Crippen LogP contribution is -2.34. The molecular formula is C15H31N. The normalized spacial score (nSPS) is 21.8. The third-order valence-electron chi connectivity index (χ3n) is 4.14. The Balaban J connectivity index is 2.35. The van der Waals surface area contributed by atoms with Crippen LogP contribution in [0.15, 0.2) is 0 Å². The topological polar surface area (TPSA) is 12.0 Å². The highest BCUT2D eigenvalue weighted by molar-refractivity contribution is 4.77. The van der Waals surface area contributed by atoms with E-state index in [1.807, 2.05) is 0 Å². The summed E-state index contributed by atoms with van der Waals surface area (Å²) in [6, 6.07) is 0.778. The van der Waals surface area contributed by atoms with Crippen LogP contribution in [0.4, 0.5) is 0 Å². The van der Waals surface area contributed by atoms with Gasteiger partial charge in [0, 0.05) is 6.04 Å². The van der Waals surface area contributed by atoms with Gasteiger partial charge < -0.3 is 5.32 Å². The van der Waals surface area contributed by atoms with Crippen LogP contribution >= 0.6 is 0 Å². The number of hydrogen-bond acceptors (Lipinski definition) is 1. The molecule has 1 heteroatoms. The van der Waals surface area contributed by atoms with E-state index in [-0.39, 0.29) is 0 Å². The maximum Gasteiger partial charge on any atom is 0.00924 e. The second-order valence-electron chi connectivity index (χ2n) is 5.97. The highest BCUT2D eigenvalue weighted by atomic mass is 14.9. The second-order valence-corrected chi connectivity index (χ2v) is 5.97. The van der Waals surface area contributed by atoms with Crippen LogP contribution in [0.5, 0.6) is 0 Å². The van der Waals surface area contributed by atoms with Crippen molar-refractivity contribution in [3.05, 3.63) is 0 Å². The minimum Gasteiger partial charge on any atom is -0.317 e. The standard InChI is InChI=1S/C15H31N/c1-13(2)11-12-15(16-3)14-9-7-5-4-6-8-10-14/h13-16H,4-12H2,1-3H3. The zero-order chi connectivity index (χ0) is 11.8. The van der Waals surface area contributed by atoms with E-state index in [4.69, 9.17) is 0 Å². The van der Waals surface area contributed by atoms with Gasteiger partial charge in [-0.2, -0.15) is 0 Å². The molecule has 96 valence electrons. The summed E-state index contributed by atoms with van der Waals surface area (Å²) in [7, 11) is 2.16. The van der Waals surface area contributed by atoms with Gasteiger partial charge >= 0.3 is 0 Å². The fourth-order valence-corrected chi connectivity index (χ4v) is 3.02.